The summed E-state index contributed by atoms with van der Waals surface area (Å²) in [6.45, 7) is 11.3. The standard InChI is InChI=1S/C18H26BN3O2/c1-6-7-11-22-13-20-16(21-22)14-9-8-10-15(12-14)19-23-17(2,3)18(4,5)24-19/h8-10,12-13H,6-7,11H2,1-5H3. The topological polar surface area (TPSA) is 49.2 Å². The molecule has 0 bridgehead atoms. The SMILES string of the molecule is CCCCn1cnc(-c2cccc(B3OC(C)(C)C(C)(C)O3)c2)n1. The van der Waals surface area contributed by atoms with Crippen molar-refractivity contribution in [2.24, 2.45) is 0 Å². The molecule has 0 atom stereocenters. The summed E-state index contributed by atoms with van der Waals surface area (Å²) < 4.78 is 14.2. The third kappa shape index (κ3) is 3.26. The van der Waals surface area contributed by atoms with E-state index in [0.29, 0.717) is 0 Å². The van der Waals surface area contributed by atoms with Gasteiger partial charge in [-0.25, -0.2) is 4.98 Å². The van der Waals surface area contributed by atoms with Gasteiger partial charge < -0.3 is 9.31 Å². The van der Waals surface area contributed by atoms with E-state index in [2.05, 4.69) is 50.8 Å². The molecule has 3 rings (SSSR count). The van der Waals surface area contributed by atoms with Crippen LogP contribution in [0.15, 0.2) is 30.6 Å². The van der Waals surface area contributed by atoms with Crippen LogP contribution in [0.2, 0.25) is 0 Å². The van der Waals surface area contributed by atoms with Gasteiger partial charge in [0.15, 0.2) is 5.82 Å². The van der Waals surface area contributed by atoms with E-state index < -0.39 is 0 Å². The number of unbranched alkanes of at least 4 members (excludes halogenated alkanes) is 1. The molecular formula is C18H26BN3O2. The van der Waals surface area contributed by atoms with Crippen LogP contribution in [0.5, 0.6) is 0 Å². The van der Waals surface area contributed by atoms with E-state index in [0.717, 1.165) is 36.2 Å². The van der Waals surface area contributed by atoms with Crippen molar-refractivity contribution < 1.29 is 9.31 Å². The highest BCUT2D eigenvalue weighted by atomic mass is 16.7. The van der Waals surface area contributed by atoms with Gasteiger partial charge in [0.25, 0.3) is 0 Å². The number of rotatable bonds is 5. The second kappa shape index (κ2) is 6.33. The third-order valence-corrected chi connectivity index (χ3v) is 4.95. The Balaban J connectivity index is 1.81. The molecule has 0 saturated carbocycles. The quantitative estimate of drug-likeness (QED) is 0.792. The molecule has 5 nitrogen and oxygen atoms in total. The highest BCUT2D eigenvalue weighted by Crippen LogP contribution is 2.36. The Labute approximate surface area is 144 Å². The highest BCUT2D eigenvalue weighted by molar-refractivity contribution is 6.62. The molecule has 2 aromatic rings. The van der Waals surface area contributed by atoms with Gasteiger partial charge in [-0.05, 0) is 39.6 Å². The van der Waals surface area contributed by atoms with E-state index in [1.807, 2.05) is 22.9 Å². The number of aryl methyl sites for hydroxylation is 1. The van der Waals surface area contributed by atoms with Crippen molar-refractivity contribution >= 4 is 12.6 Å². The first-order valence-electron chi connectivity index (χ1n) is 8.68. The van der Waals surface area contributed by atoms with Crippen LogP contribution in [0.3, 0.4) is 0 Å². The number of hydrogen-bond acceptors (Lipinski definition) is 4. The van der Waals surface area contributed by atoms with Crippen LogP contribution in [0, 0.1) is 0 Å². The van der Waals surface area contributed by atoms with Crippen LogP contribution in [-0.4, -0.2) is 33.1 Å². The van der Waals surface area contributed by atoms with Crippen molar-refractivity contribution in [2.45, 2.75) is 65.2 Å². The molecule has 1 aliphatic rings. The molecule has 128 valence electrons. The van der Waals surface area contributed by atoms with Crippen molar-refractivity contribution in [2.75, 3.05) is 0 Å². The highest BCUT2D eigenvalue weighted by Gasteiger charge is 2.51. The lowest BCUT2D eigenvalue weighted by Crippen LogP contribution is -2.41. The van der Waals surface area contributed by atoms with Crippen LogP contribution < -0.4 is 5.46 Å². The summed E-state index contributed by atoms with van der Waals surface area (Å²) in [5, 5.41) is 4.57. The van der Waals surface area contributed by atoms with Crippen molar-refractivity contribution in [3.63, 3.8) is 0 Å². The van der Waals surface area contributed by atoms with Crippen LogP contribution in [0.4, 0.5) is 0 Å². The summed E-state index contributed by atoms with van der Waals surface area (Å²) in [5.41, 5.74) is 1.30. The van der Waals surface area contributed by atoms with E-state index in [1.165, 1.54) is 0 Å². The average Bonchev–Trinajstić information content (AvgIpc) is 3.08. The Morgan fingerprint density at radius 1 is 1.12 bits per heavy atom. The zero-order valence-electron chi connectivity index (χ0n) is 15.2. The van der Waals surface area contributed by atoms with Crippen LogP contribution in [-0.2, 0) is 15.9 Å². The maximum Gasteiger partial charge on any atom is 0.494 e. The maximum absolute atomic E-state index is 6.13. The molecule has 1 saturated heterocycles. The van der Waals surface area contributed by atoms with E-state index >= 15 is 0 Å². The lowest BCUT2D eigenvalue weighted by molar-refractivity contribution is 0.00578. The summed E-state index contributed by atoms with van der Waals surface area (Å²) >= 11 is 0. The lowest BCUT2D eigenvalue weighted by atomic mass is 9.78. The smallest absolute Gasteiger partial charge is 0.399 e. The van der Waals surface area contributed by atoms with Crippen molar-refractivity contribution in [1.29, 1.82) is 0 Å². The molecule has 2 heterocycles. The number of aromatic nitrogens is 3. The zero-order valence-corrected chi connectivity index (χ0v) is 15.2. The fourth-order valence-corrected chi connectivity index (χ4v) is 2.66. The van der Waals surface area contributed by atoms with E-state index in [-0.39, 0.29) is 18.3 Å². The molecule has 1 fully saturated rings. The van der Waals surface area contributed by atoms with E-state index in [4.69, 9.17) is 9.31 Å². The molecular weight excluding hydrogens is 301 g/mol. The Morgan fingerprint density at radius 2 is 1.83 bits per heavy atom. The van der Waals surface area contributed by atoms with Crippen LogP contribution >= 0.6 is 0 Å². The van der Waals surface area contributed by atoms with Gasteiger partial charge in [0, 0.05) is 12.1 Å². The minimum absolute atomic E-state index is 0.340. The lowest BCUT2D eigenvalue weighted by Gasteiger charge is -2.32. The molecule has 0 spiro atoms. The van der Waals surface area contributed by atoms with Crippen LogP contribution in [0.25, 0.3) is 11.4 Å². The second-order valence-corrected chi connectivity index (χ2v) is 7.40. The van der Waals surface area contributed by atoms with Gasteiger partial charge in [-0.2, -0.15) is 5.10 Å². The van der Waals surface area contributed by atoms with Gasteiger partial charge in [0.2, 0.25) is 0 Å². The molecule has 0 aliphatic carbocycles. The normalized spacial score (nSPS) is 19.0. The number of hydrogen-bond donors (Lipinski definition) is 0. The molecule has 24 heavy (non-hydrogen) atoms. The van der Waals surface area contributed by atoms with Gasteiger partial charge in [-0.1, -0.05) is 37.6 Å². The Morgan fingerprint density at radius 3 is 2.50 bits per heavy atom. The number of nitrogens with zero attached hydrogens (tertiary/aromatic N) is 3. The monoisotopic (exact) mass is 327 g/mol. The molecule has 0 radical (unpaired) electrons. The summed E-state index contributed by atoms with van der Waals surface area (Å²) in [6.07, 6.45) is 4.05. The van der Waals surface area contributed by atoms with Crippen molar-refractivity contribution in [3.05, 3.63) is 30.6 Å². The first-order valence-corrected chi connectivity index (χ1v) is 8.68. The fraction of sp³-hybridized carbons (Fsp3) is 0.556. The maximum atomic E-state index is 6.13. The predicted molar refractivity (Wildman–Crippen MR) is 96.1 cm³/mol. The van der Waals surface area contributed by atoms with E-state index in [1.54, 1.807) is 6.33 Å². The van der Waals surface area contributed by atoms with Gasteiger partial charge in [0.05, 0.1) is 11.2 Å². The largest absolute Gasteiger partial charge is 0.494 e. The van der Waals surface area contributed by atoms with E-state index in [9.17, 15) is 0 Å². The van der Waals surface area contributed by atoms with Gasteiger partial charge in [0.1, 0.15) is 6.33 Å². The molecule has 6 heteroatoms. The first-order chi connectivity index (χ1) is 11.3. The third-order valence-electron chi connectivity index (χ3n) is 4.95. The second-order valence-electron chi connectivity index (χ2n) is 7.40. The van der Waals surface area contributed by atoms with Gasteiger partial charge >= 0.3 is 7.12 Å². The van der Waals surface area contributed by atoms with Gasteiger partial charge in [-0.15, -0.1) is 0 Å². The molecule has 1 aromatic heterocycles. The Bertz CT molecular complexity index is 696. The Kier molecular flexibility index (Phi) is 4.53. The fourth-order valence-electron chi connectivity index (χ4n) is 2.66. The summed E-state index contributed by atoms with van der Waals surface area (Å²) in [6, 6.07) is 8.11. The minimum Gasteiger partial charge on any atom is -0.399 e. The molecule has 0 N–H and O–H groups in total. The summed E-state index contributed by atoms with van der Waals surface area (Å²) in [7, 11) is -0.364. The van der Waals surface area contributed by atoms with Crippen LogP contribution in [0.1, 0.15) is 47.5 Å². The van der Waals surface area contributed by atoms with Crippen molar-refractivity contribution in [1.82, 2.24) is 14.8 Å². The molecule has 1 aromatic carbocycles. The minimum atomic E-state index is -0.364. The molecule has 1 aliphatic heterocycles. The summed E-state index contributed by atoms with van der Waals surface area (Å²) in [5.74, 6) is 0.740. The first kappa shape index (κ1) is 17.2. The van der Waals surface area contributed by atoms with Gasteiger partial charge in [-0.3, -0.25) is 4.68 Å². The predicted octanol–water partition coefficient (Wildman–Crippen LogP) is 3.04. The van der Waals surface area contributed by atoms with Crippen molar-refractivity contribution in [3.8, 4) is 11.4 Å². The zero-order chi connectivity index (χ0) is 17.4. The Hall–Kier alpha value is -1.66. The average molecular weight is 327 g/mol. The summed E-state index contributed by atoms with van der Waals surface area (Å²) in [4.78, 5) is 4.43. The molecule has 0 unspecified atom stereocenters. The number of benzene rings is 1. The molecule has 0 amide bonds.